The molecule has 0 spiro atoms. The van der Waals surface area contributed by atoms with Gasteiger partial charge in [0.2, 0.25) is 5.13 Å². The molecule has 0 saturated heterocycles. The molecule has 0 bridgehead atoms. The number of carbonyl (C=O) groups excluding carboxylic acids is 1. The second-order valence-electron chi connectivity index (χ2n) is 2.70. The second kappa shape index (κ2) is 4.14. The fourth-order valence-electron chi connectivity index (χ4n) is 0.998. The first kappa shape index (κ1) is 9.72. The number of hydrogen-bond donors (Lipinski definition) is 1. The van der Waals surface area contributed by atoms with E-state index in [0.717, 1.165) is 0 Å². The van der Waals surface area contributed by atoms with Crippen LogP contribution in [0.1, 0.15) is 10.4 Å². The van der Waals surface area contributed by atoms with Crippen molar-refractivity contribution in [1.29, 1.82) is 0 Å². The van der Waals surface area contributed by atoms with E-state index in [0.29, 0.717) is 10.7 Å². The summed E-state index contributed by atoms with van der Waals surface area (Å²) >= 11 is 1.22. The van der Waals surface area contributed by atoms with Crippen molar-refractivity contribution < 1.29 is 9.18 Å². The third kappa shape index (κ3) is 2.35. The van der Waals surface area contributed by atoms with E-state index in [4.69, 9.17) is 0 Å². The Balaban J connectivity index is 2.11. The Labute approximate surface area is 88.8 Å². The van der Waals surface area contributed by atoms with E-state index in [9.17, 15) is 9.18 Å². The molecule has 0 unspecified atom stereocenters. The van der Waals surface area contributed by atoms with Gasteiger partial charge < -0.3 is 0 Å². The Morgan fingerprint density at radius 3 is 2.67 bits per heavy atom. The van der Waals surface area contributed by atoms with Crippen molar-refractivity contribution in [2.24, 2.45) is 0 Å². The van der Waals surface area contributed by atoms with E-state index in [-0.39, 0.29) is 11.7 Å². The summed E-state index contributed by atoms with van der Waals surface area (Å²) < 4.78 is 12.6. The lowest BCUT2D eigenvalue weighted by Crippen LogP contribution is -2.11. The molecular formula is C9H6FN3OS. The van der Waals surface area contributed by atoms with Crippen LogP contribution in [0.5, 0.6) is 0 Å². The topological polar surface area (TPSA) is 54.9 Å². The summed E-state index contributed by atoms with van der Waals surface area (Å²) in [5, 5.41) is 10.2. The molecule has 2 aromatic rings. The molecule has 76 valence electrons. The number of hydrogen-bond acceptors (Lipinski definition) is 4. The third-order valence-electron chi connectivity index (χ3n) is 1.69. The van der Waals surface area contributed by atoms with Gasteiger partial charge in [0, 0.05) is 5.56 Å². The van der Waals surface area contributed by atoms with Gasteiger partial charge in [-0.3, -0.25) is 10.1 Å². The number of anilines is 1. The number of nitrogens with one attached hydrogen (secondary N) is 1. The quantitative estimate of drug-likeness (QED) is 0.846. The molecule has 6 heteroatoms. The Morgan fingerprint density at radius 2 is 2.07 bits per heavy atom. The molecule has 0 aliphatic carbocycles. The van der Waals surface area contributed by atoms with Gasteiger partial charge in [0.05, 0.1) is 0 Å². The van der Waals surface area contributed by atoms with E-state index < -0.39 is 0 Å². The molecule has 0 aliphatic heterocycles. The van der Waals surface area contributed by atoms with Gasteiger partial charge in [-0.1, -0.05) is 11.3 Å². The summed E-state index contributed by atoms with van der Waals surface area (Å²) in [5.41, 5.74) is 1.90. The van der Waals surface area contributed by atoms with Crippen molar-refractivity contribution >= 4 is 22.4 Å². The van der Waals surface area contributed by atoms with Gasteiger partial charge in [-0.2, -0.15) is 0 Å². The molecule has 1 N–H and O–H groups in total. The van der Waals surface area contributed by atoms with Gasteiger partial charge in [-0.25, -0.2) is 4.39 Å². The number of nitrogens with zero attached hydrogens (tertiary/aromatic N) is 2. The second-order valence-corrected chi connectivity index (χ2v) is 3.54. The Hall–Kier alpha value is -1.82. The van der Waals surface area contributed by atoms with Crippen molar-refractivity contribution in [1.82, 2.24) is 10.2 Å². The molecule has 1 aromatic carbocycles. The molecule has 2 rings (SSSR count). The van der Waals surface area contributed by atoms with Gasteiger partial charge in [0.1, 0.15) is 11.3 Å². The van der Waals surface area contributed by atoms with Gasteiger partial charge >= 0.3 is 0 Å². The van der Waals surface area contributed by atoms with Crippen LogP contribution in [-0.4, -0.2) is 16.1 Å². The highest BCUT2D eigenvalue weighted by Crippen LogP contribution is 2.10. The largest absolute Gasteiger partial charge is 0.296 e. The molecule has 1 amide bonds. The van der Waals surface area contributed by atoms with Crippen molar-refractivity contribution in [3.8, 4) is 0 Å². The Morgan fingerprint density at radius 1 is 1.33 bits per heavy atom. The molecule has 4 nitrogen and oxygen atoms in total. The number of rotatable bonds is 2. The van der Waals surface area contributed by atoms with Crippen molar-refractivity contribution in [2.45, 2.75) is 0 Å². The maximum Gasteiger partial charge on any atom is 0.257 e. The van der Waals surface area contributed by atoms with Crippen LogP contribution in [0.25, 0.3) is 0 Å². The minimum absolute atomic E-state index is 0.327. The van der Waals surface area contributed by atoms with Crippen LogP contribution in [0.15, 0.2) is 29.8 Å². The van der Waals surface area contributed by atoms with Gasteiger partial charge in [0.15, 0.2) is 0 Å². The predicted octanol–water partition coefficient (Wildman–Crippen LogP) is 1.93. The normalized spacial score (nSPS) is 9.93. The van der Waals surface area contributed by atoms with Crippen LogP contribution in [0.2, 0.25) is 0 Å². The van der Waals surface area contributed by atoms with E-state index in [2.05, 4.69) is 15.5 Å². The summed E-state index contributed by atoms with van der Waals surface area (Å²) in [6.45, 7) is 0. The highest BCUT2D eigenvalue weighted by Gasteiger charge is 2.07. The van der Waals surface area contributed by atoms with E-state index >= 15 is 0 Å². The summed E-state index contributed by atoms with van der Waals surface area (Å²) in [6, 6.07) is 5.28. The molecular weight excluding hydrogens is 217 g/mol. The predicted molar refractivity (Wildman–Crippen MR) is 54.3 cm³/mol. The Kier molecular flexibility index (Phi) is 2.68. The first-order valence-electron chi connectivity index (χ1n) is 4.09. The summed E-state index contributed by atoms with van der Waals surface area (Å²) in [6.07, 6.45) is 0. The number of carbonyl (C=O) groups is 1. The maximum atomic E-state index is 12.6. The molecule has 0 fully saturated rings. The van der Waals surface area contributed by atoms with Crippen LogP contribution in [0.4, 0.5) is 9.52 Å². The highest BCUT2D eigenvalue weighted by atomic mass is 32.1. The minimum Gasteiger partial charge on any atom is -0.296 e. The van der Waals surface area contributed by atoms with Crippen LogP contribution >= 0.6 is 11.3 Å². The first-order chi connectivity index (χ1) is 7.25. The summed E-state index contributed by atoms with van der Waals surface area (Å²) in [4.78, 5) is 11.5. The van der Waals surface area contributed by atoms with Crippen LogP contribution in [-0.2, 0) is 0 Å². The highest BCUT2D eigenvalue weighted by molar-refractivity contribution is 7.13. The van der Waals surface area contributed by atoms with Crippen molar-refractivity contribution in [3.05, 3.63) is 41.2 Å². The lowest BCUT2D eigenvalue weighted by atomic mass is 10.2. The molecule has 0 saturated carbocycles. The zero-order valence-electron chi connectivity index (χ0n) is 7.48. The zero-order valence-corrected chi connectivity index (χ0v) is 8.29. The van der Waals surface area contributed by atoms with E-state index in [1.807, 2.05) is 0 Å². The lowest BCUT2D eigenvalue weighted by Gasteiger charge is -2.00. The van der Waals surface area contributed by atoms with Crippen molar-refractivity contribution in [2.75, 3.05) is 5.32 Å². The smallest absolute Gasteiger partial charge is 0.257 e. The Bertz CT molecular complexity index is 455. The number of benzene rings is 1. The van der Waals surface area contributed by atoms with E-state index in [1.165, 1.54) is 41.1 Å². The maximum absolute atomic E-state index is 12.6. The van der Waals surface area contributed by atoms with E-state index in [1.54, 1.807) is 0 Å². The van der Waals surface area contributed by atoms with Gasteiger partial charge in [-0.05, 0) is 24.3 Å². The molecule has 0 aliphatic rings. The fraction of sp³-hybridized carbons (Fsp3) is 0. The number of halogens is 1. The van der Waals surface area contributed by atoms with Gasteiger partial charge in [-0.15, -0.1) is 10.2 Å². The number of aromatic nitrogens is 2. The van der Waals surface area contributed by atoms with Gasteiger partial charge in [0.25, 0.3) is 5.91 Å². The molecule has 15 heavy (non-hydrogen) atoms. The monoisotopic (exact) mass is 223 g/mol. The third-order valence-corrected chi connectivity index (χ3v) is 2.29. The number of amides is 1. The molecule has 0 atom stereocenters. The van der Waals surface area contributed by atoms with Crippen LogP contribution in [0.3, 0.4) is 0 Å². The fourth-order valence-corrected chi connectivity index (χ4v) is 1.44. The zero-order chi connectivity index (χ0) is 10.7. The van der Waals surface area contributed by atoms with Crippen molar-refractivity contribution in [3.63, 3.8) is 0 Å². The lowest BCUT2D eigenvalue weighted by molar-refractivity contribution is 0.102. The van der Waals surface area contributed by atoms with Crippen LogP contribution < -0.4 is 5.32 Å². The molecule has 0 radical (unpaired) electrons. The SMILES string of the molecule is O=C(Nc1nncs1)c1ccc(F)cc1. The minimum atomic E-state index is -0.373. The summed E-state index contributed by atoms with van der Waals surface area (Å²) in [7, 11) is 0. The van der Waals surface area contributed by atoms with Crippen LogP contribution in [0, 0.1) is 5.82 Å². The first-order valence-corrected chi connectivity index (χ1v) is 4.97. The standard InChI is InChI=1S/C9H6FN3OS/c10-7-3-1-6(2-4-7)8(14)12-9-13-11-5-15-9/h1-5H,(H,12,13,14). The molecule has 1 heterocycles. The summed E-state index contributed by atoms with van der Waals surface area (Å²) in [5.74, 6) is -0.700. The molecule has 1 aromatic heterocycles. The average molecular weight is 223 g/mol. The average Bonchev–Trinajstić information content (AvgIpc) is 2.71.